The van der Waals surface area contributed by atoms with Crippen molar-refractivity contribution in [2.75, 3.05) is 24.7 Å². The molecule has 21 heavy (non-hydrogen) atoms. The molecule has 0 spiro atoms. The second-order valence-electron chi connectivity index (χ2n) is 4.65. The normalized spacial score (nSPS) is 11.1. The molecule has 0 atom stereocenters. The fourth-order valence-corrected chi connectivity index (χ4v) is 2.71. The van der Waals surface area contributed by atoms with Gasteiger partial charge < -0.3 is 5.32 Å². The summed E-state index contributed by atoms with van der Waals surface area (Å²) in [4.78, 5) is 11.8. The molecule has 1 aromatic carbocycles. The van der Waals surface area contributed by atoms with Gasteiger partial charge in [0.25, 0.3) is 0 Å². The molecule has 0 radical (unpaired) electrons. The minimum Gasteiger partial charge on any atom is -0.326 e. The molecule has 0 unspecified atom stereocenters. The lowest BCUT2D eigenvalue weighted by molar-refractivity contribution is -0.116. The van der Waals surface area contributed by atoms with Crippen molar-refractivity contribution in [3.63, 3.8) is 0 Å². The Balaban J connectivity index is 2.55. The molecule has 1 aromatic rings. The zero-order valence-electron chi connectivity index (χ0n) is 12.2. The Bertz CT molecular complexity index is 618. The Morgan fingerprint density at radius 1 is 1.29 bits per heavy atom. The van der Waals surface area contributed by atoms with Crippen molar-refractivity contribution in [3.05, 3.63) is 29.8 Å². The van der Waals surface area contributed by atoms with Crippen LogP contribution in [-0.2, 0) is 14.8 Å². The second-order valence-corrected chi connectivity index (χ2v) is 6.63. The van der Waals surface area contributed by atoms with Crippen LogP contribution in [0.25, 0.3) is 0 Å². The first kappa shape index (κ1) is 17.1. The van der Waals surface area contributed by atoms with Gasteiger partial charge in [-0.15, -0.1) is 0 Å². The van der Waals surface area contributed by atoms with Gasteiger partial charge in [-0.05, 0) is 30.7 Å². The Kier molecular flexibility index (Phi) is 6.34. The van der Waals surface area contributed by atoms with Gasteiger partial charge in [0.15, 0.2) is 0 Å². The van der Waals surface area contributed by atoms with Gasteiger partial charge in [0.1, 0.15) is 0 Å². The molecule has 0 fully saturated rings. The van der Waals surface area contributed by atoms with E-state index in [9.17, 15) is 13.2 Å². The first-order valence-electron chi connectivity index (χ1n) is 6.62. The Morgan fingerprint density at radius 2 is 1.90 bits per heavy atom. The van der Waals surface area contributed by atoms with E-state index >= 15 is 0 Å². The number of benzene rings is 1. The summed E-state index contributed by atoms with van der Waals surface area (Å²) in [5, 5.41) is 11.4. The Labute approximate surface area is 125 Å². The Hall–Kier alpha value is -1.91. The largest absolute Gasteiger partial charge is 0.326 e. The van der Waals surface area contributed by atoms with Crippen LogP contribution in [-0.4, -0.2) is 38.0 Å². The predicted molar refractivity (Wildman–Crippen MR) is 81.1 cm³/mol. The topological polar surface area (TPSA) is 90.3 Å². The van der Waals surface area contributed by atoms with Gasteiger partial charge in [0, 0.05) is 25.2 Å². The number of anilines is 1. The molecule has 0 heterocycles. The molecule has 0 aliphatic carbocycles. The minimum absolute atomic E-state index is 0.0903. The van der Waals surface area contributed by atoms with Crippen LogP contribution >= 0.6 is 0 Å². The number of hydrogen-bond donors (Lipinski definition) is 1. The molecule has 0 aromatic heterocycles. The quantitative estimate of drug-likeness (QED) is 0.827. The van der Waals surface area contributed by atoms with E-state index < -0.39 is 10.0 Å². The number of nitrogens with one attached hydrogen (secondary N) is 1. The van der Waals surface area contributed by atoms with E-state index in [4.69, 9.17) is 5.26 Å². The van der Waals surface area contributed by atoms with E-state index in [1.54, 1.807) is 24.3 Å². The zero-order chi connectivity index (χ0) is 15.9. The van der Waals surface area contributed by atoms with Crippen LogP contribution in [0, 0.1) is 11.3 Å². The number of sulfonamides is 1. The molecule has 0 aliphatic heterocycles. The summed E-state index contributed by atoms with van der Waals surface area (Å²) in [6, 6.07) is 8.48. The van der Waals surface area contributed by atoms with Crippen molar-refractivity contribution in [1.82, 2.24) is 4.31 Å². The molecular weight excluding hydrogens is 290 g/mol. The van der Waals surface area contributed by atoms with E-state index in [2.05, 4.69) is 5.32 Å². The van der Waals surface area contributed by atoms with E-state index in [1.165, 1.54) is 4.31 Å². The monoisotopic (exact) mass is 309 g/mol. The molecule has 0 saturated heterocycles. The van der Waals surface area contributed by atoms with Crippen molar-refractivity contribution >= 4 is 21.6 Å². The Morgan fingerprint density at radius 3 is 2.38 bits per heavy atom. The van der Waals surface area contributed by atoms with Gasteiger partial charge in [-0.3, -0.25) is 4.79 Å². The number of carbonyl (C=O) groups excluding carboxylic acids is 1. The van der Waals surface area contributed by atoms with Crippen molar-refractivity contribution in [2.45, 2.75) is 19.8 Å². The summed E-state index contributed by atoms with van der Waals surface area (Å²) >= 11 is 0. The van der Waals surface area contributed by atoms with Gasteiger partial charge in [0.05, 0.1) is 17.9 Å². The van der Waals surface area contributed by atoms with Crippen molar-refractivity contribution in [2.24, 2.45) is 0 Å². The summed E-state index contributed by atoms with van der Waals surface area (Å²) in [6.07, 6.45) is 1.93. The summed E-state index contributed by atoms with van der Waals surface area (Å²) in [6.45, 7) is 2.45. The highest BCUT2D eigenvalue weighted by Gasteiger charge is 2.16. The van der Waals surface area contributed by atoms with Gasteiger partial charge in [-0.1, -0.05) is 6.92 Å². The van der Waals surface area contributed by atoms with Gasteiger partial charge in [0.2, 0.25) is 15.9 Å². The zero-order valence-corrected chi connectivity index (χ0v) is 13.0. The maximum Gasteiger partial charge on any atom is 0.225 e. The number of rotatable bonds is 7. The molecule has 6 nitrogen and oxygen atoms in total. The first-order valence-corrected chi connectivity index (χ1v) is 8.46. The molecule has 7 heteroatoms. The van der Waals surface area contributed by atoms with E-state index in [-0.39, 0.29) is 18.9 Å². The lowest BCUT2D eigenvalue weighted by Gasteiger charge is -2.18. The summed E-state index contributed by atoms with van der Waals surface area (Å²) in [7, 11) is -3.29. The molecule has 114 valence electrons. The van der Waals surface area contributed by atoms with E-state index in [0.717, 1.165) is 6.26 Å². The number of hydrogen-bond acceptors (Lipinski definition) is 4. The maximum absolute atomic E-state index is 11.8. The van der Waals surface area contributed by atoms with Crippen molar-refractivity contribution in [3.8, 4) is 6.07 Å². The predicted octanol–water partition coefficient (Wildman–Crippen LogP) is 1.56. The fraction of sp³-hybridized carbons (Fsp3) is 0.429. The number of amides is 1. The van der Waals surface area contributed by atoms with Crippen LogP contribution < -0.4 is 5.32 Å². The SMILES string of the molecule is CCCN(CCC(=O)Nc1ccc(C#N)cc1)S(C)(=O)=O. The molecule has 1 N–H and O–H groups in total. The van der Waals surface area contributed by atoms with E-state index in [0.29, 0.717) is 24.2 Å². The van der Waals surface area contributed by atoms with Crippen LogP contribution in [0.1, 0.15) is 25.3 Å². The molecule has 1 rings (SSSR count). The van der Waals surface area contributed by atoms with Gasteiger partial charge in [-0.2, -0.15) is 5.26 Å². The summed E-state index contributed by atoms with van der Waals surface area (Å²) in [5.74, 6) is -0.260. The third-order valence-electron chi connectivity index (χ3n) is 2.83. The second kappa shape index (κ2) is 7.76. The van der Waals surface area contributed by atoms with Crippen LogP contribution in [0.5, 0.6) is 0 Å². The third-order valence-corrected chi connectivity index (χ3v) is 4.13. The first-order chi connectivity index (χ1) is 9.86. The van der Waals surface area contributed by atoms with Crippen molar-refractivity contribution < 1.29 is 13.2 Å². The standard InChI is InChI=1S/C14H19N3O3S/c1-3-9-17(21(2,19)20)10-8-14(18)16-13-6-4-12(11-15)5-7-13/h4-7H,3,8-10H2,1-2H3,(H,16,18). The highest BCUT2D eigenvalue weighted by molar-refractivity contribution is 7.88. The smallest absolute Gasteiger partial charge is 0.225 e. The molecule has 1 amide bonds. The highest BCUT2D eigenvalue weighted by atomic mass is 32.2. The van der Waals surface area contributed by atoms with Crippen LogP contribution in [0.3, 0.4) is 0 Å². The summed E-state index contributed by atoms with van der Waals surface area (Å²) < 4.78 is 24.3. The third kappa shape index (κ3) is 5.94. The number of nitrogens with zero attached hydrogens (tertiary/aromatic N) is 2. The molecule has 0 saturated carbocycles. The maximum atomic E-state index is 11.8. The van der Waals surface area contributed by atoms with Crippen molar-refractivity contribution in [1.29, 1.82) is 5.26 Å². The van der Waals surface area contributed by atoms with Gasteiger partial charge >= 0.3 is 0 Å². The molecule has 0 bridgehead atoms. The molecular formula is C14H19N3O3S. The van der Waals surface area contributed by atoms with E-state index in [1.807, 2.05) is 13.0 Å². The van der Waals surface area contributed by atoms with Gasteiger partial charge in [-0.25, -0.2) is 12.7 Å². The van der Waals surface area contributed by atoms with Crippen LogP contribution in [0.15, 0.2) is 24.3 Å². The van der Waals surface area contributed by atoms with Crippen LogP contribution in [0.4, 0.5) is 5.69 Å². The fourth-order valence-electron chi connectivity index (χ4n) is 1.77. The average molecular weight is 309 g/mol. The lowest BCUT2D eigenvalue weighted by atomic mass is 10.2. The minimum atomic E-state index is -3.29. The van der Waals surface area contributed by atoms with Crippen LogP contribution in [0.2, 0.25) is 0 Å². The highest BCUT2D eigenvalue weighted by Crippen LogP contribution is 2.09. The molecule has 0 aliphatic rings. The number of carbonyl (C=O) groups is 1. The average Bonchev–Trinajstić information content (AvgIpc) is 2.43. The number of nitriles is 1. The summed E-state index contributed by atoms with van der Waals surface area (Å²) in [5.41, 5.74) is 1.10. The lowest BCUT2D eigenvalue weighted by Crippen LogP contribution is -2.33.